The quantitative estimate of drug-likeness (QED) is 0.415. The van der Waals surface area contributed by atoms with E-state index in [2.05, 4.69) is 5.32 Å². The molecule has 3 aromatic rings. The summed E-state index contributed by atoms with van der Waals surface area (Å²) in [4.78, 5) is 37.2. The van der Waals surface area contributed by atoms with Gasteiger partial charge in [0.05, 0.1) is 17.5 Å². The van der Waals surface area contributed by atoms with Gasteiger partial charge in [-0.05, 0) is 34.7 Å². The summed E-state index contributed by atoms with van der Waals surface area (Å²) in [5, 5.41) is 21.8. The number of rotatable bonds is 5. The topological polar surface area (TPSA) is 126 Å². The number of aromatic hydroxyl groups is 1. The lowest BCUT2D eigenvalue weighted by molar-refractivity contribution is -0.135. The van der Waals surface area contributed by atoms with E-state index in [9.17, 15) is 23.7 Å². The lowest BCUT2D eigenvalue weighted by atomic mass is 9.75. The number of amides is 1. The average Bonchev–Trinajstić information content (AvgIpc) is 3.19. The van der Waals surface area contributed by atoms with Crippen molar-refractivity contribution in [2.24, 2.45) is 0 Å². The van der Waals surface area contributed by atoms with Crippen LogP contribution in [0.4, 0.5) is 0 Å². The van der Waals surface area contributed by atoms with Crippen LogP contribution in [0.1, 0.15) is 44.3 Å². The van der Waals surface area contributed by atoms with Gasteiger partial charge in [0.15, 0.2) is 0 Å². The number of aromatic nitrogens is 1. The standard InChI is InChI=1S/C24H20N2O6S/c1-12-14-7-8-15(13-5-3-2-4-6-13)19(12)21(14)26-17-11-33(32)10-16(17)22(29)20(24(26)31)23(30)25-9-18(27)28/h2-8,21,29H,9-11H2,1H3,(H,25,30)(H,27,28). The number of hydrogen-bond acceptors (Lipinski definition) is 5. The van der Waals surface area contributed by atoms with Crippen LogP contribution in [0.3, 0.4) is 0 Å². The number of carbonyl (C=O) groups excluding carboxylic acids is 1. The first-order chi connectivity index (χ1) is 15.8. The summed E-state index contributed by atoms with van der Waals surface area (Å²) in [5.41, 5.74) is 4.30. The Balaban J connectivity index is 1.71. The Morgan fingerprint density at radius 1 is 1.15 bits per heavy atom. The molecule has 5 rings (SSSR count). The van der Waals surface area contributed by atoms with Crippen molar-refractivity contribution in [3.63, 3.8) is 0 Å². The smallest absolute Gasteiger partial charge is 0.322 e. The van der Waals surface area contributed by atoms with Gasteiger partial charge in [0.1, 0.15) is 17.9 Å². The molecule has 0 saturated carbocycles. The van der Waals surface area contributed by atoms with Crippen LogP contribution in [0.15, 0.2) is 47.3 Å². The van der Waals surface area contributed by atoms with Crippen molar-refractivity contribution >= 4 is 22.7 Å². The Bertz CT molecular complexity index is 1430. The van der Waals surface area contributed by atoms with Gasteiger partial charge in [-0.25, -0.2) is 0 Å². The first-order valence-corrected chi connectivity index (χ1v) is 11.8. The fourth-order valence-corrected chi connectivity index (χ4v) is 6.13. The molecule has 8 nitrogen and oxygen atoms in total. The Labute approximate surface area is 191 Å². The minimum atomic E-state index is -1.33. The summed E-state index contributed by atoms with van der Waals surface area (Å²) in [6, 6.07) is 13.2. The second-order valence-corrected chi connectivity index (χ2v) is 9.60. The highest BCUT2D eigenvalue weighted by Crippen LogP contribution is 2.48. The van der Waals surface area contributed by atoms with E-state index >= 15 is 0 Å². The number of fused-ring (bicyclic) bond motifs is 3. The zero-order chi connectivity index (χ0) is 23.4. The number of nitrogens with zero attached hydrogens (tertiary/aromatic N) is 1. The summed E-state index contributed by atoms with van der Waals surface area (Å²) in [7, 11) is -1.33. The van der Waals surface area contributed by atoms with E-state index < -0.39 is 52.1 Å². The molecule has 1 aliphatic carbocycles. The lowest BCUT2D eigenvalue weighted by Gasteiger charge is -2.37. The number of aryl methyl sites for hydroxylation is 1. The number of carboxylic acid groups (broad SMARTS) is 1. The molecule has 3 N–H and O–H groups in total. The molecular weight excluding hydrogens is 444 g/mol. The molecule has 1 amide bonds. The average molecular weight is 464 g/mol. The van der Waals surface area contributed by atoms with Crippen LogP contribution in [-0.4, -0.2) is 37.4 Å². The first-order valence-electron chi connectivity index (χ1n) is 10.3. The third-order valence-electron chi connectivity index (χ3n) is 6.29. The predicted molar refractivity (Wildman–Crippen MR) is 122 cm³/mol. The molecule has 0 fully saturated rings. The molecule has 33 heavy (non-hydrogen) atoms. The molecule has 2 atom stereocenters. The molecule has 1 aliphatic heterocycles. The van der Waals surface area contributed by atoms with Gasteiger partial charge in [-0.2, -0.15) is 0 Å². The number of benzene rings is 2. The van der Waals surface area contributed by atoms with E-state index in [4.69, 9.17) is 5.11 Å². The van der Waals surface area contributed by atoms with Crippen LogP contribution in [0, 0.1) is 6.92 Å². The highest BCUT2D eigenvalue weighted by atomic mass is 32.2. The van der Waals surface area contributed by atoms with E-state index in [0.717, 1.165) is 27.8 Å². The molecule has 1 aromatic heterocycles. The Morgan fingerprint density at radius 2 is 1.88 bits per heavy atom. The largest absolute Gasteiger partial charge is 0.507 e. The summed E-state index contributed by atoms with van der Waals surface area (Å²) in [6.45, 7) is 1.28. The zero-order valence-corrected chi connectivity index (χ0v) is 18.4. The number of pyridine rings is 1. The molecule has 0 radical (unpaired) electrons. The van der Waals surface area contributed by atoms with E-state index in [1.807, 2.05) is 49.4 Å². The minimum Gasteiger partial charge on any atom is -0.507 e. The molecule has 2 bridgehead atoms. The number of carbonyl (C=O) groups is 2. The van der Waals surface area contributed by atoms with Gasteiger partial charge in [0.2, 0.25) is 0 Å². The molecule has 168 valence electrons. The van der Waals surface area contributed by atoms with E-state index in [-0.39, 0.29) is 11.5 Å². The molecule has 2 heterocycles. The minimum absolute atomic E-state index is 0.0197. The maximum absolute atomic E-state index is 13.6. The molecule has 0 saturated heterocycles. The number of carboxylic acids is 1. The third-order valence-corrected chi connectivity index (χ3v) is 7.50. The summed E-state index contributed by atoms with van der Waals surface area (Å²) >= 11 is 0. The summed E-state index contributed by atoms with van der Waals surface area (Å²) in [5.74, 6) is -2.66. The number of nitrogens with one attached hydrogen (secondary N) is 1. The molecule has 2 unspecified atom stereocenters. The molecule has 9 heteroatoms. The second-order valence-electron chi connectivity index (χ2n) is 8.14. The first kappa shape index (κ1) is 21.1. The molecule has 0 spiro atoms. The summed E-state index contributed by atoms with van der Waals surface area (Å²) < 4.78 is 13.9. The summed E-state index contributed by atoms with van der Waals surface area (Å²) in [6.07, 6.45) is 0. The van der Waals surface area contributed by atoms with Gasteiger partial charge in [0, 0.05) is 22.1 Å². The Kier molecular flexibility index (Phi) is 4.93. The lowest BCUT2D eigenvalue weighted by Crippen LogP contribution is -2.40. The van der Waals surface area contributed by atoms with Crippen molar-refractivity contribution in [2.75, 3.05) is 6.54 Å². The van der Waals surface area contributed by atoms with Gasteiger partial charge in [-0.15, -0.1) is 0 Å². The molecular formula is C24H20N2O6S. The maximum atomic E-state index is 13.6. The van der Waals surface area contributed by atoms with Crippen molar-refractivity contribution < 1.29 is 24.0 Å². The van der Waals surface area contributed by atoms with Crippen molar-refractivity contribution in [1.29, 1.82) is 0 Å². The third kappa shape index (κ3) is 3.19. The van der Waals surface area contributed by atoms with Gasteiger partial charge in [-0.3, -0.25) is 23.2 Å². The van der Waals surface area contributed by atoms with Crippen molar-refractivity contribution in [1.82, 2.24) is 9.88 Å². The van der Waals surface area contributed by atoms with Crippen molar-refractivity contribution in [3.05, 3.63) is 86.3 Å². The normalized spacial score (nSPS) is 17.8. The SMILES string of the molecule is Cc1c2ccc(-c3ccccc3)c1C2n1c2c(c(O)c(C(=O)NCC(=O)O)c1=O)CS(=O)C2. The van der Waals surface area contributed by atoms with E-state index in [1.54, 1.807) is 0 Å². The van der Waals surface area contributed by atoms with Crippen LogP contribution >= 0.6 is 0 Å². The van der Waals surface area contributed by atoms with Crippen LogP contribution < -0.4 is 10.9 Å². The monoisotopic (exact) mass is 464 g/mol. The van der Waals surface area contributed by atoms with Gasteiger partial charge >= 0.3 is 5.97 Å². The zero-order valence-electron chi connectivity index (χ0n) is 17.6. The van der Waals surface area contributed by atoms with Gasteiger partial charge in [-0.1, -0.05) is 42.5 Å². The predicted octanol–water partition coefficient (Wildman–Crippen LogP) is 2.06. The van der Waals surface area contributed by atoms with Crippen molar-refractivity contribution in [2.45, 2.75) is 24.5 Å². The van der Waals surface area contributed by atoms with Crippen molar-refractivity contribution in [3.8, 4) is 16.9 Å². The second kappa shape index (κ2) is 7.70. The fraction of sp³-hybridized carbons (Fsp3) is 0.208. The van der Waals surface area contributed by atoms with Gasteiger partial charge < -0.3 is 15.5 Å². The maximum Gasteiger partial charge on any atom is 0.322 e. The van der Waals surface area contributed by atoms with Gasteiger partial charge in [0.25, 0.3) is 11.5 Å². The Hall–Kier alpha value is -3.72. The highest BCUT2D eigenvalue weighted by molar-refractivity contribution is 7.83. The fourth-order valence-electron chi connectivity index (χ4n) is 4.78. The number of hydrogen-bond donors (Lipinski definition) is 3. The van der Waals surface area contributed by atoms with E-state index in [1.165, 1.54) is 4.57 Å². The molecule has 2 aliphatic rings. The van der Waals surface area contributed by atoms with E-state index in [0.29, 0.717) is 11.3 Å². The highest BCUT2D eigenvalue weighted by Gasteiger charge is 2.40. The van der Waals surface area contributed by atoms with Crippen LogP contribution in [0.2, 0.25) is 0 Å². The van der Waals surface area contributed by atoms with Crippen LogP contribution in [0.5, 0.6) is 5.75 Å². The number of aliphatic carboxylic acids is 1. The van der Waals surface area contributed by atoms with Crippen LogP contribution in [0.25, 0.3) is 11.1 Å². The Morgan fingerprint density at radius 3 is 2.55 bits per heavy atom. The van der Waals surface area contributed by atoms with Crippen LogP contribution in [-0.2, 0) is 27.1 Å². The molecule has 2 aromatic carbocycles.